The van der Waals surface area contributed by atoms with Gasteiger partial charge in [0.25, 0.3) is 0 Å². The standard InChI is InChI=1S/C26H34N2O2/c1-21(2)19-29-20-23(27-15-8-9-16-27)18-28-24(22-10-4-3-5-11-22)14-17-30-26-13-7-6-12-25(26)28/h3-7,10-13,23-24H,1,8-9,14-20H2,2H3. The van der Waals surface area contributed by atoms with E-state index in [9.17, 15) is 0 Å². The van der Waals surface area contributed by atoms with Crippen LogP contribution < -0.4 is 9.64 Å². The second-order valence-electron chi connectivity index (χ2n) is 8.55. The molecule has 4 rings (SSSR count). The molecule has 0 aliphatic carbocycles. The lowest BCUT2D eigenvalue weighted by atomic mass is 10.0. The minimum Gasteiger partial charge on any atom is -0.491 e. The Morgan fingerprint density at radius 1 is 1.10 bits per heavy atom. The maximum Gasteiger partial charge on any atom is 0.142 e. The number of para-hydroxylation sites is 2. The first-order chi connectivity index (χ1) is 14.7. The van der Waals surface area contributed by atoms with Crippen LogP contribution in [0.1, 0.15) is 37.8 Å². The molecule has 0 N–H and O–H groups in total. The van der Waals surface area contributed by atoms with Gasteiger partial charge in [0.05, 0.1) is 37.6 Å². The number of benzene rings is 2. The Bertz CT molecular complexity index is 817. The summed E-state index contributed by atoms with van der Waals surface area (Å²) >= 11 is 0. The molecule has 0 spiro atoms. The first-order valence-electron chi connectivity index (χ1n) is 11.2. The van der Waals surface area contributed by atoms with Crippen molar-refractivity contribution < 1.29 is 9.47 Å². The lowest BCUT2D eigenvalue weighted by Gasteiger charge is -2.38. The van der Waals surface area contributed by atoms with E-state index in [2.05, 4.69) is 71.0 Å². The fourth-order valence-corrected chi connectivity index (χ4v) is 4.64. The Balaban J connectivity index is 1.63. The van der Waals surface area contributed by atoms with E-state index in [1.165, 1.54) is 24.1 Å². The minimum atomic E-state index is 0.293. The zero-order valence-electron chi connectivity index (χ0n) is 18.1. The Labute approximate surface area is 181 Å². The monoisotopic (exact) mass is 406 g/mol. The lowest BCUT2D eigenvalue weighted by Crippen LogP contribution is -2.46. The van der Waals surface area contributed by atoms with Crippen molar-refractivity contribution >= 4 is 5.69 Å². The van der Waals surface area contributed by atoms with Gasteiger partial charge in [-0.2, -0.15) is 0 Å². The summed E-state index contributed by atoms with van der Waals surface area (Å²) in [6.45, 7) is 11.3. The highest BCUT2D eigenvalue weighted by Crippen LogP contribution is 2.39. The molecule has 2 heterocycles. The fourth-order valence-electron chi connectivity index (χ4n) is 4.64. The summed E-state index contributed by atoms with van der Waals surface area (Å²) in [5.41, 5.74) is 3.61. The van der Waals surface area contributed by atoms with Gasteiger partial charge < -0.3 is 14.4 Å². The summed E-state index contributed by atoms with van der Waals surface area (Å²) < 4.78 is 12.2. The number of hydrogen-bond donors (Lipinski definition) is 0. The zero-order chi connectivity index (χ0) is 20.8. The van der Waals surface area contributed by atoms with Gasteiger partial charge in [-0.3, -0.25) is 4.90 Å². The van der Waals surface area contributed by atoms with Crippen LogP contribution in [-0.4, -0.2) is 50.4 Å². The fraction of sp³-hybridized carbons (Fsp3) is 0.462. The van der Waals surface area contributed by atoms with Crippen LogP contribution in [0.5, 0.6) is 5.75 Å². The van der Waals surface area contributed by atoms with Crippen LogP contribution >= 0.6 is 0 Å². The van der Waals surface area contributed by atoms with Crippen LogP contribution in [0.2, 0.25) is 0 Å². The van der Waals surface area contributed by atoms with Crippen molar-refractivity contribution in [2.45, 2.75) is 38.3 Å². The van der Waals surface area contributed by atoms with E-state index in [4.69, 9.17) is 9.47 Å². The van der Waals surface area contributed by atoms with Crippen LogP contribution in [0.3, 0.4) is 0 Å². The normalized spacial score (nSPS) is 20.3. The summed E-state index contributed by atoms with van der Waals surface area (Å²) in [6.07, 6.45) is 3.52. The number of rotatable bonds is 8. The molecule has 0 bridgehead atoms. The van der Waals surface area contributed by atoms with Crippen molar-refractivity contribution in [1.82, 2.24) is 4.90 Å². The SMILES string of the molecule is C=C(C)COCC(CN1c2ccccc2OCCC1c1ccccc1)N1CCCC1. The Morgan fingerprint density at radius 2 is 1.83 bits per heavy atom. The molecule has 4 heteroatoms. The van der Waals surface area contributed by atoms with E-state index < -0.39 is 0 Å². The zero-order valence-corrected chi connectivity index (χ0v) is 18.1. The Hall–Kier alpha value is -2.30. The molecule has 2 unspecified atom stereocenters. The molecular weight excluding hydrogens is 372 g/mol. The van der Waals surface area contributed by atoms with Gasteiger partial charge in [-0.05, 0) is 50.6 Å². The molecule has 2 aliphatic heterocycles. The van der Waals surface area contributed by atoms with E-state index in [0.717, 1.165) is 50.6 Å². The van der Waals surface area contributed by atoms with Crippen molar-refractivity contribution in [2.75, 3.05) is 44.4 Å². The third-order valence-electron chi connectivity index (χ3n) is 6.11. The van der Waals surface area contributed by atoms with Crippen LogP contribution in [-0.2, 0) is 4.74 Å². The summed E-state index contributed by atoms with van der Waals surface area (Å²) in [5.74, 6) is 0.985. The van der Waals surface area contributed by atoms with Gasteiger partial charge >= 0.3 is 0 Å². The molecule has 1 fully saturated rings. The predicted octanol–water partition coefficient (Wildman–Crippen LogP) is 5.07. The number of nitrogens with zero attached hydrogens (tertiary/aromatic N) is 2. The molecule has 0 aromatic heterocycles. The number of likely N-dealkylation sites (tertiary alicyclic amines) is 1. The molecular formula is C26H34N2O2. The molecule has 4 nitrogen and oxygen atoms in total. The summed E-state index contributed by atoms with van der Waals surface area (Å²) in [7, 11) is 0. The number of anilines is 1. The molecule has 2 aromatic rings. The van der Waals surface area contributed by atoms with Crippen molar-refractivity contribution in [3.05, 3.63) is 72.3 Å². The summed E-state index contributed by atoms with van der Waals surface area (Å²) in [6, 6.07) is 20.0. The smallest absolute Gasteiger partial charge is 0.142 e. The molecule has 1 saturated heterocycles. The first-order valence-corrected chi connectivity index (χ1v) is 11.2. The average Bonchev–Trinajstić information content (AvgIpc) is 3.23. The van der Waals surface area contributed by atoms with Crippen LogP contribution in [0, 0.1) is 0 Å². The predicted molar refractivity (Wildman–Crippen MR) is 123 cm³/mol. The topological polar surface area (TPSA) is 24.9 Å². The highest BCUT2D eigenvalue weighted by Gasteiger charge is 2.31. The summed E-state index contributed by atoms with van der Waals surface area (Å²) in [5, 5.41) is 0. The molecule has 0 saturated carbocycles. The van der Waals surface area contributed by atoms with Gasteiger partial charge in [0.15, 0.2) is 0 Å². The maximum absolute atomic E-state index is 6.15. The Kier molecular flexibility index (Phi) is 7.08. The molecule has 2 aromatic carbocycles. The van der Waals surface area contributed by atoms with E-state index in [0.29, 0.717) is 18.7 Å². The maximum atomic E-state index is 6.15. The van der Waals surface area contributed by atoms with Crippen molar-refractivity contribution in [2.24, 2.45) is 0 Å². The van der Waals surface area contributed by atoms with Gasteiger partial charge in [0.1, 0.15) is 5.75 Å². The van der Waals surface area contributed by atoms with Crippen LogP contribution in [0.25, 0.3) is 0 Å². The lowest BCUT2D eigenvalue weighted by molar-refractivity contribution is 0.0836. The number of fused-ring (bicyclic) bond motifs is 1. The van der Waals surface area contributed by atoms with E-state index in [1.54, 1.807) is 0 Å². The molecule has 2 atom stereocenters. The third kappa shape index (κ3) is 5.05. The number of hydrogen-bond acceptors (Lipinski definition) is 4. The second kappa shape index (κ2) is 10.1. The van der Waals surface area contributed by atoms with Crippen molar-refractivity contribution in [3.63, 3.8) is 0 Å². The van der Waals surface area contributed by atoms with E-state index in [1.807, 2.05) is 6.92 Å². The van der Waals surface area contributed by atoms with Gasteiger partial charge in [0.2, 0.25) is 0 Å². The highest BCUT2D eigenvalue weighted by molar-refractivity contribution is 5.60. The molecule has 0 radical (unpaired) electrons. The third-order valence-corrected chi connectivity index (χ3v) is 6.11. The minimum absolute atomic E-state index is 0.293. The highest BCUT2D eigenvalue weighted by atomic mass is 16.5. The quantitative estimate of drug-likeness (QED) is 0.571. The van der Waals surface area contributed by atoms with Crippen LogP contribution in [0.15, 0.2) is 66.7 Å². The second-order valence-corrected chi connectivity index (χ2v) is 8.55. The first kappa shape index (κ1) is 21.0. The van der Waals surface area contributed by atoms with Gasteiger partial charge in [-0.15, -0.1) is 0 Å². The molecule has 2 aliphatic rings. The van der Waals surface area contributed by atoms with Gasteiger partial charge in [-0.25, -0.2) is 0 Å². The molecule has 160 valence electrons. The number of ether oxygens (including phenoxy) is 2. The summed E-state index contributed by atoms with van der Waals surface area (Å²) in [4.78, 5) is 5.17. The Morgan fingerprint density at radius 3 is 2.60 bits per heavy atom. The van der Waals surface area contributed by atoms with Crippen molar-refractivity contribution in [3.8, 4) is 5.75 Å². The van der Waals surface area contributed by atoms with Crippen molar-refractivity contribution in [1.29, 1.82) is 0 Å². The van der Waals surface area contributed by atoms with E-state index >= 15 is 0 Å². The van der Waals surface area contributed by atoms with Gasteiger partial charge in [-0.1, -0.05) is 54.6 Å². The largest absolute Gasteiger partial charge is 0.491 e. The van der Waals surface area contributed by atoms with Crippen LogP contribution in [0.4, 0.5) is 5.69 Å². The van der Waals surface area contributed by atoms with E-state index in [-0.39, 0.29) is 0 Å². The molecule has 0 amide bonds. The average molecular weight is 407 g/mol. The molecule has 30 heavy (non-hydrogen) atoms. The van der Waals surface area contributed by atoms with Gasteiger partial charge in [0, 0.05) is 13.0 Å².